The van der Waals surface area contributed by atoms with Crippen molar-refractivity contribution in [1.29, 1.82) is 0 Å². The Bertz CT molecular complexity index is 433. The number of carbonyl (C=O) groups is 2. The van der Waals surface area contributed by atoms with Crippen molar-refractivity contribution in [3.05, 3.63) is 34.9 Å². The molecule has 0 heterocycles. The Morgan fingerprint density at radius 2 is 1.94 bits per heavy atom. The van der Waals surface area contributed by atoms with Crippen LogP contribution < -0.4 is 5.32 Å². The molecule has 0 fully saturated rings. The van der Waals surface area contributed by atoms with Gasteiger partial charge < -0.3 is 10.4 Å². The number of hydrogen-bond acceptors (Lipinski definition) is 2. The number of carbonyl (C=O) groups excluding carboxylic acids is 1. The summed E-state index contributed by atoms with van der Waals surface area (Å²) in [6.45, 7) is 0. The van der Waals surface area contributed by atoms with Crippen LogP contribution in [-0.2, 0) is 11.2 Å². The van der Waals surface area contributed by atoms with E-state index in [1.807, 2.05) is 0 Å². The summed E-state index contributed by atoms with van der Waals surface area (Å²) in [4.78, 5) is 23.6. The minimum absolute atomic E-state index is 0.305. The van der Waals surface area contributed by atoms with Crippen molar-refractivity contribution in [1.82, 2.24) is 10.2 Å². The van der Waals surface area contributed by atoms with Gasteiger partial charge in [0.25, 0.3) is 0 Å². The molecule has 1 unspecified atom stereocenters. The SMILES string of the molecule is CNC(=O)C(Cc1ccc(Cl)cc1)N(C)C(=O)O. The van der Waals surface area contributed by atoms with Crippen molar-refractivity contribution in [2.75, 3.05) is 14.1 Å². The highest BCUT2D eigenvalue weighted by atomic mass is 35.5. The molecule has 6 heteroatoms. The molecular formula is C12H15ClN2O3. The lowest BCUT2D eigenvalue weighted by Crippen LogP contribution is -2.47. The van der Waals surface area contributed by atoms with Crippen LogP contribution in [0.25, 0.3) is 0 Å². The van der Waals surface area contributed by atoms with Crippen LogP contribution in [0.1, 0.15) is 5.56 Å². The molecule has 0 aliphatic heterocycles. The second kappa shape index (κ2) is 6.26. The molecule has 2 N–H and O–H groups in total. The number of halogens is 1. The third-order valence-corrected chi connectivity index (χ3v) is 2.91. The largest absolute Gasteiger partial charge is 0.465 e. The van der Waals surface area contributed by atoms with Gasteiger partial charge in [-0.2, -0.15) is 0 Å². The molecule has 1 rings (SSSR count). The number of nitrogens with zero attached hydrogens (tertiary/aromatic N) is 1. The van der Waals surface area contributed by atoms with Gasteiger partial charge in [0, 0.05) is 25.5 Å². The van der Waals surface area contributed by atoms with E-state index in [-0.39, 0.29) is 5.91 Å². The second-order valence-corrected chi connectivity index (χ2v) is 4.29. The van der Waals surface area contributed by atoms with Gasteiger partial charge in [-0.1, -0.05) is 23.7 Å². The molecule has 0 saturated carbocycles. The number of nitrogens with one attached hydrogen (secondary N) is 1. The van der Waals surface area contributed by atoms with Crippen LogP contribution in [0, 0.1) is 0 Å². The van der Waals surface area contributed by atoms with Crippen LogP contribution >= 0.6 is 11.6 Å². The zero-order valence-electron chi connectivity index (χ0n) is 10.2. The number of benzene rings is 1. The van der Waals surface area contributed by atoms with Gasteiger partial charge in [0.05, 0.1) is 0 Å². The Hall–Kier alpha value is -1.75. The average molecular weight is 271 g/mol. The Morgan fingerprint density at radius 3 is 2.39 bits per heavy atom. The lowest BCUT2D eigenvalue weighted by molar-refractivity contribution is -0.124. The lowest BCUT2D eigenvalue weighted by Gasteiger charge is -2.24. The van der Waals surface area contributed by atoms with Gasteiger partial charge in [-0.25, -0.2) is 4.79 Å². The molecule has 2 amide bonds. The van der Waals surface area contributed by atoms with Gasteiger partial charge in [-0.05, 0) is 17.7 Å². The number of rotatable bonds is 4. The van der Waals surface area contributed by atoms with Crippen molar-refractivity contribution >= 4 is 23.6 Å². The number of carboxylic acid groups (broad SMARTS) is 1. The molecule has 0 aromatic heterocycles. The fraction of sp³-hybridized carbons (Fsp3) is 0.333. The first-order valence-electron chi connectivity index (χ1n) is 5.37. The minimum Gasteiger partial charge on any atom is -0.465 e. The van der Waals surface area contributed by atoms with Gasteiger partial charge >= 0.3 is 6.09 Å². The summed E-state index contributed by atoms with van der Waals surface area (Å²) >= 11 is 5.77. The topological polar surface area (TPSA) is 69.6 Å². The lowest BCUT2D eigenvalue weighted by atomic mass is 10.0. The molecule has 0 bridgehead atoms. The standard InChI is InChI=1S/C12H15ClN2O3/c1-14-11(16)10(15(2)12(17)18)7-8-3-5-9(13)6-4-8/h3-6,10H,7H2,1-2H3,(H,14,16)(H,17,18). The van der Waals surface area contributed by atoms with Crippen LogP contribution in [0.15, 0.2) is 24.3 Å². The van der Waals surface area contributed by atoms with E-state index in [0.717, 1.165) is 10.5 Å². The van der Waals surface area contributed by atoms with Crippen LogP contribution in [-0.4, -0.2) is 42.1 Å². The third kappa shape index (κ3) is 3.63. The van der Waals surface area contributed by atoms with E-state index < -0.39 is 12.1 Å². The fourth-order valence-corrected chi connectivity index (χ4v) is 1.68. The van der Waals surface area contributed by atoms with Crippen molar-refractivity contribution in [2.24, 2.45) is 0 Å². The van der Waals surface area contributed by atoms with Gasteiger partial charge in [-0.3, -0.25) is 9.69 Å². The maximum absolute atomic E-state index is 11.7. The Labute approximate surface area is 110 Å². The molecule has 0 saturated heterocycles. The Balaban J connectivity index is 2.88. The molecule has 0 aliphatic rings. The first-order chi connectivity index (χ1) is 8.45. The predicted molar refractivity (Wildman–Crippen MR) is 68.8 cm³/mol. The van der Waals surface area contributed by atoms with E-state index >= 15 is 0 Å². The van der Waals surface area contributed by atoms with Gasteiger partial charge in [0.15, 0.2) is 0 Å². The molecule has 0 spiro atoms. The van der Waals surface area contributed by atoms with Crippen molar-refractivity contribution in [2.45, 2.75) is 12.5 Å². The normalized spacial score (nSPS) is 11.7. The summed E-state index contributed by atoms with van der Waals surface area (Å²) in [7, 11) is 2.85. The highest BCUT2D eigenvalue weighted by Gasteiger charge is 2.25. The summed E-state index contributed by atoms with van der Waals surface area (Å²) in [5.74, 6) is -0.338. The van der Waals surface area contributed by atoms with Crippen LogP contribution in [0.4, 0.5) is 4.79 Å². The zero-order valence-corrected chi connectivity index (χ0v) is 10.9. The first kappa shape index (κ1) is 14.3. The molecule has 98 valence electrons. The summed E-state index contributed by atoms with van der Waals surface area (Å²) in [6, 6.07) is 6.20. The van der Waals surface area contributed by atoms with Crippen LogP contribution in [0.2, 0.25) is 5.02 Å². The van der Waals surface area contributed by atoms with E-state index in [9.17, 15) is 9.59 Å². The van der Waals surface area contributed by atoms with E-state index in [1.54, 1.807) is 24.3 Å². The second-order valence-electron chi connectivity index (χ2n) is 3.85. The monoisotopic (exact) mass is 270 g/mol. The molecule has 5 nitrogen and oxygen atoms in total. The first-order valence-corrected chi connectivity index (χ1v) is 5.75. The maximum atomic E-state index is 11.7. The Morgan fingerprint density at radius 1 is 1.39 bits per heavy atom. The van der Waals surface area contributed by atoms with E-state index in [2.05, 4.69) is 5.32 Å². The molecule has 0 aliphatic carbocycles. The highest BCUT2D eigenvalue weighted by molar-refractivity contribution is 6.30. The Kier molecular flexibility index (Phi) is 4.97. The van der Waals surface area contributed by atoms with Crippen LogP contribution in [0.3, 0.4) is 0 Å². The van der Waals surface area contributed by atoms with E-state index in [4.69, 9.17) is 16.7 Å². The average Bonchev–Trinajstić information content (AvgIpc) is 2.36. The van der Waals surface area contributed by atoms with Crippen molar-refractivity contribution < 1.29 is 14.7 Å². The highest BCUT2D eigenvalue weighted by Crippen LogP contribution is 2.13. The van der Waals surface area contributed by atoms with Gasteiger partial charge in [0.2, 0.25) is 5.91 Å². The molecule has 1 aromatic carbocycles. The maximum Gasteiger partial charge on any atom is 0.407 e. The smallest absolute Gasteiger partial charge is 0.407 e. The van der Waals surface area contributed by atoms with E-state index in [0.29, 0.717) is 11.4 Å². The van der Waals surface area contributed by atoms with Gasteiger partial charge in [0.1, 0.15) is 6.04 Å². The molecule has 18 heavy (non-hydrogen) atoms. The third-order valence-electron chi connectivity index (χ3n) is 2.66. The van der Waals surface area contributed by atoms with Gasteiger partial charge in [-0.15, -0.1) is 0 Å². The summed E-state index contributed by atoms with van der Waals surface area (Å²) in [5, 5.41) is 12.0. The summed E-state index contributed by atoms with van der Waals surface area (Å²) in [5.41, 5.74) is 0.848. The van der Waals surface area contributed by atoms with Crippen molar-refractivity contribution in [3.8, 4) is 0 Å². The quantitative estimate of drug-likeness (QED) is 0.873. The molecule has 1 aromatic rings. The number of likely N-dealkylation sites (N-methyl/N-ethyl adjacent to an activating group) is 2. The summed E-state index contributed by atoms with van der Waals surface area (Å²) < 4.78 is 0. The number of hydrogen-bond donors (Lipinski definition) is 2. The molecule has 1 atom stereocenters. The van der Waals surface area contributed by atoms with Crippen molar-refractivity contribution in [3.63, 3.8) is 0 Å². The molecule has 0 radical (unpaired) electrons. The molecular weight excluding hydrogens is 256 g/mol. The fourth-order valence-electron chi connectivity index (χ4n) is 1.55. The zero-order chi connectivity index (χ0) is 13.7. The predicted octanol–water partition coefficient (Wildman–Crippen LogP) is 1.61. The summed E-state index contributed by atoms with van der Waals surface area (Å²) in [6.07, 6.45) is -0.836. The van der Waals surface area contributed by atoms with Crippen LogP contribution in [0.5, 0.6) is 0 Å². The van der Waals surface area contributed by atoms with E-state index in [1.165, 1.54) is 14.1 Å². The number of amides is 2. The minimum atomic E-state index is -1.14.